The van der Waals surface area contributed by atoms with Crippen LogP contribution in [0.25, 0.3) is 0 Å². The molecule has 0 saturated carbocycles. The maximum absolute atomic E-state index is 14.1. The molecule has 0 spiro atoms. The summed E-state index contributed by atoms with van der Waals surface area (Å²) in [4.78, 5) is 15.2. The van der Waals surface area contributed by atoms with E-state index in [2.05, 4.69) is 19.8 Å². The van der Waals surface area contributed by atoms with E-state index in [4.69, 9.17) is 0 Å². The van der Waals surface area contributed by atoms with Crippen molar-refractivity contribution in [3.05, 3.63) is 0 Å². The number of rotatable bonds is 9. The molecule has 10 heteroatoms. The fourth-order valence-electron chi connectivity index (χ4n) is 2.28. The quantitative estimate of drug-likeness (QED) is 0.302. The summed E-state index contributed by atoms with van der Waals surface area (Å²) < 4.78 is 74.7. The normalized spacial score (nSPS) is 26.4. The molecule has 1 rings (SSSR count). The first-order valence-corrected chi connectivity index (χ1v) is 7.06. The van der Waals surface area contributed by atoms with Gasteiger partial charge in [-0.3, -0.25) is 5.32 Å². The second-order valence-corrected chi connectivity index (χ2v) is 5.18. The van der Waals surface area contributed by atoms with Gasteiger partial charge in [0, 0.05) is 0 Å². The molecule has 1 aliphatic rings. The van der Waals surface area contributed by atoms with Gasteiger partial charge in [0.2, 0.25) is 6.17 Å². The van der Waals surface area contributed by atoms with Gasteiger partial charge in [0.05, 0.1) is 7.11 Å². The van der Waals surface area contributed by atoms with E-state index < -0.39 is 36.4 Å². The van der Waals surface area contributed by atoms with Gasteiger partial charge >= 0.3 is 18.4 Å². The van der Waals surface area contributed by atoms with Crippen LogP contribution in [-0.2, 0) is 9.47 Å². The topological polar surface area (TPSA) is 59.9 Å². The molecule has 1 aliphatic heterocycles. The molecule has 1 amide bonds. The largest absolute Gasteiger partial charge is 0.487 e. The molecular formula is C13H19F5N2O3. The number of hydrogen-bond donors (Lipinski definition) is 1. The van der Waals surface area contributed by atoms with E-state index in [-0.39, 0.29) is 6.42 Å². The van der Waals surface area contributed by atoms with Crippen molar-refractivity contribution in [2.45, 2.75) is 62.9 Å². The third-order valence-electron chi connectivity index (χ3n) is 3.50. The summed E-state index contributed by atoms with van der Waals surface area (Å²) in [6.07, 6.45) is -8.49. The number of amides is 1. The zero-order valence-corrected chi connectivity index (χ0v) is 12.7. The molecule has 3 unspecified atom stereocenters. The van der Waals surface area contributed by atoms with E-state index in [1.54, 1.807) is 0 Å². The van der Waals surface area contributed by atoms with Crippen LogP contribution in [0.3, 0.4) is 0 Å². The smallest absolute Gasteiger partial charge is 0.409 e. The van der Waals surface area contributed by atoms with Crippen LogP contribution in [0.15, 0.2) is 4.99 Å². The van der Waals surface area contributed by atoms with E-state index in [1.807, 2.05) is 6.92 Å². The molecule has 1 N–H and O–H groups in total. The first-order valence-electron chi connectivity index (χ1n) is 7.06. The third-order valence-corrected chi connectivity index (χ3v) is 3.50. The van der Waals surface area contributed by atoms with E-state index >= 15 is 0 Å². The zero-order valence-electron chi connectivity index (χ0n) is 12.7. The standard InChI is InChI=1S/C13H19F5N2O3/c1-3-4-5-6-12(19-7-22-2)9(23-11(21)20-12)8(14)13(17,18)10(15)16/h7-10H,3-6H2,1-2H3,(H,20,21)/b19-7+. The lowest BCUT2D eigenvalue weighted by atomic mass is 9.91. The van der Waals surface area contributed by atoms with Crippen LogP contribution in [0, 0.1) is 0 Å². The Labute approximate surface area is 130 Å². The molecule has 0 radical (unpaired) electrons. The number of alkyl halides is 5. The van der Waals surface area contributed by atoms with Crippen LogP contribution in [-0.4, -0.2) is 49.9 Å². The lowest BCUT2D eigenvalue weighted by Gasteiger charge is -2.32. The summed E-state index contributed by atoms with van der Waals surface area (Å²) in [5.41, 5.74) is -1.92. The minimum Gasteiger partial charge on any atom is -0.487 e. The fourth-order valence-corrected chi connectivity index (χ4v) is 2.28. The molecule has 0 aromatic carbocycles. The number of methoxy groups -OCH3 is 1. The van der Waals surface area contributed by atoms with Crippen LogP contribution in [0.4, 0.5) is 26.7 Å². The third kappa shape index (κ3) is 4.23. The highest BCUT2D eigenvalue weighted by Gasteiger charge is 2.63. The highest BCUT2D eigenvalue weighted by atomic mass is 19.3. The van der Waals surface area contributed by atoms with Crippen molar-refractivity contribution in [1.29, 1.82) is 0 Å². The Hall–Kier alpha value is -1.61. The van der Waals surface area contributed by atoms with Gasteiger partial charge in [-0.2, -0.15) is 8.78 Å². The molecule has 0 aromatic heterocycles. The Kier molecular flexibility index (Phi) is 6.57. The van der Waals surface area contributed by atoms with Crippen molar-refractivity contribution in [2.75, 3.05) is 7.11 Å². The van der Waals surface area contributed by atoms with Crippen LogP contribution in [0.1, 0.15) is 32.6 Å². The van der Waals surface area contributed by atoms with E-state index in [9.17, 15) is 26.7 Å². The van der Waals surface area contributed by atoms with Crippen LogP contribution in [0.5, 0.6) is 0 Å². The molecule has 0 bridgehead atoms. The number of nitrogens with zero attached hydrogens (tertiary/aromatic N) is 1. The lowest BCUT2D eigenvalue weighted by Crippen LogP contribution is -2.56. The summed E-state index contributed by atoms with van der Waals surface area (Å²) in [5.74, 6) is -4.98. The number of aliphatic imine (C=N–C) groups is 1. The Bertz CT molecular complexity index is 436. The Morgan fingerprint density at radius 3 is 2.61 bits per heavy atom. The van der Waals surface area contributed by atoms with Gasteiger partial charge in [-0.25, -0.2) is 23.0 Å². The van der Waals surface area contributed by atoms with Crippen molar-refractivity contribution in [1.82, 2.24) is 5.32 Å². The summed E-state index contributed by atoms with van der Waals surface area (Å²) in [7, 11) is 1.20. The number of hydrogen-bond acceptors (Lipinski definition) is 4. The summed E-state index contributed by atoms with van der Waals surface area (Å²) in [5, 5.41) is 2.15. The van der Waals surface area contributed by atoms with Gasteiger partial charge in [0.15, 0.2) is 18.2 Å². The SMILES string of the molecule is CCCCCC1(/N=C/OC)NC(=O)OC1C(F)C(F)(F)C(F)F. The average Bonchev–Trinajstić information content (AvgIpc) is 2.81. The predicted molar refractivity (Wildman–Crippen MR) is 71.6 cm³/mol. The van der Waals surface area contributed by atoms with Gasteiger partial charge in [-0.05, 0) is 12.8 Å². The number of unbranched alkanes of at least 4 members (excludes halogenated alkanes) is 2. The van der Waals surface area contributed by atoms with Crippen LogP contribution >= 0.6 is 0 Å². The predicted octanol–water partition coefficient (Wildman–Crippen LogP) is 3.28. The number of halogens is 5. The molecule has 0 aromatic rings. The van der Waals surface area contributed by atoms with E-state index in [0.29, 0.717) is 12.8 Å². The second-order valence-electron chi connectivity index (χ2n) is 5.18. The monoisotopic (exact) mass is 346 g/mol. The Balaban J connectivity index is 3.12. The minimum atomic E-state index is -4.98. The Morgan fingerprint density at radius 2 is 2.09 bits per heavy atom. The molecular weight excluding hydrogens is 327 g/mol. The van der Waals surface area contributed by atoms with Gasteiger partial charge in [0.25, 0.3) is 0 Å². The zero-order chi connectivity index (χ0) is 17.7. The van der Waals surface area contributed by atoms with Crippen molar-refractivity contribution in [3.8, 4) is 0 Å². The minimum absolute atomic E-state index is 0.0587. The maximum Gasteiger partial charge on any atom is 0.409 e. The van der Waals surface area contributed by atoms with Gasteiger partial charge in [-0.15, -0.1) is 0 Å². The molecule has 134 valence electrons. The first-order chi connectivity index (χ1) is 10.7. The molecule has 3 atom stereocenters. The molecule has 1 fully saturated rings. The van der Waals surface area contributed by atoms with Crippen molar-refractivity contribution in [2.24, 2.45) is 4.99 Å². The van der Waals surface area contributed by atoms with Crippen molar-refractivity contribution in [3.63, 3.8) is 0 Å². The van der Waals surface area contributed by atoms with Crippen LogP contribution < -0.4 is 5.32 Å². The molecule has 0 aliphatic carbocycles. The average molecular weight is 346 g/mol. The lowest BCUT2D eigenvalue weighted by molar-refractivity contribution is -0.196. The number of alkyl carbamates (subject to hydrolysis) is 1. The van der Waals surface area contributed by atoms with E-state index in [1.165, 1.54) is 7.11 Å². The van der Waals surface area contributed by atoms with Gasteiger partial charge in [0.1, 0.15) is 0 Å². The molecule has 5 nitrogen and oxygen atoms in total. The molecule has 1 heterocycles. The summed E-state index contributed by atoms with van der Waals surface area (Å²) in [6, 6.07) is 0. The fraction of sp³-hybridized carbons (Fsp3) is 0.846. The number of ether oxygens (including phenoxy) is 2. The van der Waals surface area contributed by atoms with Crippen molar-refractivity contribution >= 4 is 12.5 Å². The van der Waals surface area contributed by atoms with Gasteiger partial charge < -0.3 is 9.47 Å². The number of nitrogens with one attached hydrogen (secondary N) is 1. The highest BCUT2D eigenvalue weighted by molar-refractivity contribution is 5.72. The number of cyclic esters (lactones) is 1. The number of carbonyl (C=O) groups excluding carboxylic acids is 1. The van der Waals surface area contributed by atoms with Crippen molar-refractivity contribution < 1.29 is 36.2 Å². The first kappa shape index (κ1) is 19.4. The highest BCUT2D eigenvalue weighted by Crippen LogP contribution is 2.39. The molecule has 23 heavy (non-hydrogen) atoms. The summed E-state index contributed by atoms with van der Waals surface area (Å²) >= 11 is 0. The van der Waals surface area contributed by atoms with Crippen LogP contribution in [0.2, 0.25) is 0 Å². The Morgan fingerprint density at radius 1 is 1.43 bits per heavy atom. The maximum atomic E-state index is 14.1. The second kappa shape index (κ2) is 7.78. The number of carbonyl (C=O) groups is 1. The van der Waals surface area contributed by atoms with Gasteiger partial charge in [-0.1, -0.05) is 19.8 Å². The summed E-state index contributed by atoms with van der Waals surface area (Å²) in [6.45, 7) is 1.87. The molecule has 1 saturated heterocycles. The van der Waals surface area contributed by atoms with E-state index in [0.717, 1.165) is 12.8 Å².